The van der Waals surface area contributed by atoms with Crippen LogP contribution in [0.3, 0.4) is 0 Å². The molecule has 0 aliphatic heterocycles. The molecule has 9 nitrogen and oxygen atoms in total. The van der Waals surface area contributed by atoms with Crippen LogP contribution >= 0.6 is 11.3 Å². The summed E-state index contributed by atoms with van der Waals surface area (Å²) in [4.78, 5) is 40.7. The maximum absolute atomic E-state index is 12.7. The number of thiazole rings is 1. The van der Waals surface area contributed by atoms with Crippen LogP contribution in [0.5, 0.6) is 0 Å². The molecule has 0 spiro atoms. The topological polar surface area (TPSA) is 115 Å². The van der Waals surface area contributed by atoms with Gasteiger partial charge in [-0.3, -0.25) is 14.9 Å². The lowest BCUT2D eigenvalue weighted by atomic mass is 10.1. The molecular formula is C21H17N5O4S. The lowest BCUT2D eigenvalue weighted by Gasteiger charge is -2.06. The van der Waals surface area contributed by atoms with Crippen LogP contribution in [0.15, 0.2) is 53.9 Å². The van der Waals surface area contributed by atoms with E-state index in [9.17, 15) is 14.4 Å². The summed E-state index contributed by atoms with van der Waals surface area (Å²) in [7, 11) is 1.26. The van der Waals surface area contributed by atoms with Gasteiger partial charge in [-0.25, -0.2) is 9.31 Å². The zero-order valence-electron chi connectivity index (χ0n) is 16.6. The Morgan fingerprint density at radius 1 is 1.00 bits per heavy atom. The Kier molecular flexibility index (Phi) is 5.46. The fraction of sp³-hybridized carbons (Fsp3) is 0.0952. The smallest absolute Gasteiger partial charge is 0.338 e. The standard InChI is InChI=1S/C21H17N5O4S/c1-12(27)22-14-9-7-13(8-10-14)17-11-31-21-24-20(25-26(17)21)23-18(28)15-5-3-4-6-16(15)19(29)30-2/h3-11H,1-2H3,(H,22,27)(H,23,25,28). The van der Waals surface area contributed by atoms with Crippen molar-refractivity contribution in [3.63, 3.8) is 0 Å². The van der Waals surface area contributed by atoms with Gasteiger partial charge >= 0.3 is 5.97 Å². The summed E-state index contributed by atoms with van der Waals surface area (Å²) in [6.07, 6.45) is 0. The predicted octanol–water partition coefficient (Wildman–Crippen LogP) is 3.46. The molecular weight excluding hydrogens is 418 g/mol. The van der Waals surface area contributed by atoms with Gasteiger partial charge in [-0.2, -0.15) is 4.98 Å². The minimum Gasteiger partial charge on any atom is -0.465 e. The quantitative estimate of drug-likeness (QED) is 0.464. The van der Waals surface area contributed by atoms with Gasteiger partial charge in [0.15, 0.2) is 0 Å². The van der Waals surface area contributed by atoms with Crippen molar-refractivity contribution in [3.8, 4) is 11.3 Å². The third-order valence-corrected chi connectivity index (χ3v) is 5.20. The summed E-state index contributed by atoms with van der Waals surface area (Å²) < 4.78 is 6.36. The first-order chi connectivity index (χ1) is 15.0. The van der Waals surface area contributed by atoms with Crippen LogP contribution in [0.25, 0.3) is 16.2 Å². The van der Waals surface area contributed by atoms with E-state index in [-0.39, 0.29) is 23.0 Å². The van der Waals surface area contributed by atoms with Gasteiger partial charge in [0, 0.05) is 23.6 Å². The molecule has 0 unspecified atom stereocenters. The largest absolute Gasteiger partial charge is 0.465 e. The van der Waals surface area contributed by atoms with Gasteiger partial charge in [0.2, 0.25) is 10.9 Å². The average molecular weight is 435 g/mol. The molecule has 0 radical (unpaired) electrons. The summed E-state index contributed by atoms with van der Waals surface area (Å²) in [6, 6.07) is 13.7. The number of fused-ring (bicyclic) bond motifs is 1. The lowest BCUT2D eigenvalue weighted by molar-refractivity contribution is -0.114. The van der Waals surface area contributed by atoms with Gasteiger partial charge in [-0.15, -0.1) is 16.4 Å². The number of hydrogen-bond acceptors (Lipinski definition) is 7. The highest BCUT2D eigenvalue weighted by Crippen LogP contribution is 2.27. The van der Waals surface area contributed by atoms with E-state index in [0.29, 0.717) is 10.6 Å². The van der Waals surface area contributed by atoms with Crippen molar-refractivity contribution in [1.29, 1.82) is 0 Å². The van der Waals surface area contributed by atoms with Crippen molar-refractivity contribution in [3.05, 3.63) is 65.0 Å². The van der Waals surface area contributed by atoms with Crippen LogP contribution in [-0.4, -0.2) is 39.5 Å². The Bertz CT molecular complexity index is 1290. The van der Waals surface area contributed by atoms with Crippen LogP contribution in [0, 0.1) is 0 Å². The molecule has 4 aromatic rings. The molecule has 0 bridgehead atoms. The summed E-state index contributed by atoms with van der Waals surface area (Å²) in [5.41, 5.74) is 2.68. The molecule has 2 aromatic heterocycles. The van der Waals surface area contributed by atoms with E-state index >= 15 is 0 Å². The number of carbonyl (C=O) groups excluding carboxylic acids is 3. The van der Waals surface area contributed by atoms with Crippen LogP contribution in [0.4, 0.5) is 11.6 Å². The second-order valence-electron chi connectivity index (χ2n) is 6.50. The first kappa shape index (κ1) is 20.2. The van der Waals surface area contributed by atoms with E-state index in [1.54, 1.807) is 28.8 Å². The second-order valence-corrected chi connectivity index (χ2v) is 7.34. The molecule has 0 saturated heterocycles. The summed E-state index contributed by atoms with van der Waals surface area (Å²) in [5, 5.41) is 11.6. The number of methoxy groups -OCH3 is 1. The van der Waals surface area contributed by atoms with Crippen LogP contribution in [0.2, 0.25) is 0 Å². The number of nitrogens with zero attached hydrogens (tertiary/aromatic N) is 3. The normalized spacial score (nSPS) is 10.6. The van der Waals surface area contributed by atoms with Crippen molar-refractivity contribution < 1.29 is 19.1 Å². The van der Waals surface area contributed by atoms with Gasteiger partial charge in [0.1, 0.15) is 0 Å². The fourth-order valence-electron chi connectivity index (χ4n) is 3.00. The van der Waals surface area contributed by atoms with Crippen LogP contribution in [0.1, 0.15) is 27.6 Å². The van der Waals surface area contributed by atoms with E-state index in [1.807, 2.05) is 17.5 Å². The molecule has 2 N–H and O–H groups in total. The van der Waals surface area contributed by atoms with Crippen molar-refractivity contribution in [2.45, 2.75) is 6.92 Å². The van der Waals surface area contributed by atoms with Crippen LogP contribution < -0.4 is 10.6 Å². The summed E-state index contributed by atoms with van der Waals surface area (Å²) in [6.45, 7) is 1.45. The Balaban J connectivity index is 1.59. The van der Waals surface area contributed by atoms with Gasteiger partial charge in [-0.1, -0.05) is 24.3 Å². The number of ether oxygens (including phenoxy) is 1. The monoisotopic (exact) mass is 435 g/mol. The van der Waals surface area contributed by atoms with Crippen LogP contribution in [-0.2, 0) is 9.53 Å². The highest BCUT2D eigenvalue weighted by molar-refractivity contribution is 7.15. The maximum atomic E-state index is 12.7. The van der Waals surface area contributed by atoms with E-state index in [4.69, 9.17) is 4.74 Å². The molecule has 0 aliphatic carbocycles. The SMILES string of the molecule is COC(=O)c1ccccc1C(=O)Nc1nc2scc(-c3ccc(NC(C)=O)cc3)n2n1. The lowest BCUT2D eigenvalue weighted by Crippen LogP contribution is -2.17. The summed E-state index contributed by atoms with van der Waals surface area (Å²) >= 11 is 1.37. The number of aromatic nitrogens is 3. The molecule has 4 rings (SSSR count). The molecule has 2 amide bonds. The molecule has 2 aromatic carbocycles. The molecule has 31 heavy (non-hydrogen) atoms. The second kappa shape index (κ2) is 8.36. The number of esters is 1. The van der Waals surface area contributed by atoms with Gasteiger partial charge in [0.25, 0.3) is 11.9 Å². The highest BCUT2D eigenvalue weighted by Gasteiger charge is 2.19. The Morgan fingerprint density at radius 2 is 1.71 bits per heavy atom. The number of anilines is 2. The third kappa shape index (κ3) is 4.14. The van der Waals surface area contributed by atoms with E-state index in [2.05, 4.69) is 20.7 Å². The predicted molar refractivity (Wildman–Crippen MR) is 116 cm³/mol. The molecule has 10 heteroatoms. The van der Waals surface area contributed by atoms with Crippen molar-refractivity contribution in [2.24, 2.45) is 0 Å². The number of carbonyl (C=O) groups is 3. The maximum Gasteiger partial charge on any atom is 0.338 e. The molecule has 0 saturated carbocycles. The number of rotatable bonds is 5. The molecule has 0 aliphatic rings. The Labute approximate surface area is 180 Å². The van der Waals surface area contributed by atoms with Gasteiger partial charge in [0.05, 0.1) is 23.9 Å². The summed E-state index contributed by atoms with van der Waals surface area (Å²) in [5.74, 6) is -1.14. The Hall–Kier alpha value is -4.05. The number of hydrogen-bond donors (Lipinski definition) is 2. The van der Waals surface area contributed by atoms with Crippen molar-refractivity contribution in [2.75, 3.05) is 17.7 Å². The highest BCUT2D eigenvalue weighted by atomic mass is 32.1. The van der Waals surface area contributed by atoms with Gasteiger partial charge in [-0.05, 0) is 24.3 Å². The molecule has 0 atom stereocenters. The minimum atomic E-state index is -0.602. The number of benzene rings is 2. The van der Waals surface area contributed by atoms with Gasteiger partial charge < -0.3 is 10.1 Å². The third-order valence-electron chi connectivity index (χ3n) is 4.38. The number of amides is 2. The first-order valence-corrected chi connectivity index (χ1v) is 10.0. The fourth-order valence-corrected chi connectivity index (χ4v) is 3.83. The Morgan fingerprint density at radius 3 is 2.39 bits per heavy atom. The average Bonchev–Trinajstić information content (AvgIpc) is 3.33. The zero-order chi connectivity index (χ0) is 22.0. The molecule has 2 heterocycles. The first-order valence-electron chi connectivity index (χ1n) is 9.17. The molecule has 156 valence electrons. The van der Waals surface area contributed by atoms with E-state index in [0.717, 1.165) is 11.3 Å². The minimum absolute atomic E-state index is 0.118. The van der Waals surface area contributed by atoms with Crippen molar-refractivity contribution in [1.82, 2.24) is 14.6 Å². The zero-order valence-corrected chi connectivity index (χ0v) is 17.4. The van der Waals surface area contributed by atoms with E-state index in [1.165, 1.54) is 37.5 Å². The van der Waals surface area contributed by atoms with Crippen molar-refractivity contribution >= 4 is 45.7 Å². The van der Waals surface area contributed by atoms with E-state index < -0.39 is 11.9 Å². The number of nitrogens with one attached hydrogen (secondary N) is 2. The molecule has 0 fully saturated rings.